The molecule has 1 amide bonds. The van der Waals surface area contributed by atoms with Gasteiger partial charge in [-0.3, -0.25) is 9.20 Å². The quantitative estimate of drug-likeness (QED) is 0.753. The summed E-state index contributed by atoms with van der Waals surface area (Å²) in [5, 5.41) is 15.9. The first-order valence-electron chi connectivity index (χ1n) is 6.10. The van der Waals surface area contributed by atoms with Crippen LogP contribution in [0.5, 0.6) is 0 Å². The van der Waals surface area contributed by atoms with Crippen molar-refractivity contribution in [1.29, 1.82) is 0 Å². The van der Waals surface area contributed by atoms with Crippen LogP contribution in [0, 0.1) is 0 Å². The second-order valence-electron chi connectivity index (χ2n) is 4.24. The summed E-state index contributed by atoms with van der Waals surface area (Å²) in [6.07, 6.45) is 1.59. The first-order chi connectivity index (χ1) is 9.11. The van der Waals surface area contributed by atoms with Crippen LogP contribution in [-0.2, 0) is 11.3 Å². The highest BCUT2D eigenvalue weighted by molar-refractivity contribution is 5.75. The van der Waals surface area contributed by atoms with Crippen molar-refractivity contribution in [3.05, 3.63) is 34.9 Å². The lowest BCUT2D eigenvalue weighted by Gasteiger charge is -2.08. The van der Waals surface area contributed by atoms with Gasteiger partial charge in [0.05, 0.1) is 6.10 Å². The van der Waals surface area contributed by atoms with Crippen LogP contribution in [0.1, 0.15) is 13.3 Å². The second-order valence-corrected chi connectivity index (χ2v) is 4.24. The molecule has 0 fully saturated rings. The maximum absolute atomic E-state index is 11.9. The van der Waals surface area contributed by atoms with Crippen LogP contribution in [0.15, 0.2) is 29.2 Å². The molecule has 2 aromatic heterocycles. The molecule has 2 heterocycles. The Bertz CT molecular complexity index is 631. The zero-order valence-corrected chi connectivity index (χ0v) is 10.6. The standard InChI is InChI=1S/C12H16N4O3/c1-2-9(17)7-13-11(18)8-16-12(19)15-6-4-3-5-10(15)14-16/h3-6,9,17H,2,7-8H2,1H3,(H,13,18). The number of aliphatic hydroxyl groups is 1. The summed E-state index contributed by atoms with van der Waals surface area (Å²) in [5.41, 5.74) is 0.135. The van der Waals surface area contributed by atoms with Crippen molar-refractivity contribution in [2.45, 2.75) is 26.0 Å². The van der Waals surface area contributed by atoms with E-state index < -0.39 is 6.10 Å². The van der Waals surface area contributed by atoms with E-state index in [0.717, 1.165) is 4.68 Å². The summed E-state index contributed by atoms with van der Waals surface area (Å²) in [4.78, 5) is 23.5. The van der Waals surface area contributed by atoms with Crippen molar-refractivity contribution in [1.82, 2.24) is 19.5 Å². The van der Waals surface area contributed by atoms with Crippen LogP contribution >= 0.6 is 0 Å². The monoisotopic (exact) mass is 264 g/mol. The van der Waals surface area contributed by atoms with Crippen molar-refractivity contribution in [3.63, 3.8) is 0 Å². The van der Waals surface area contributed by atoms with Gasteiger partial charge in [-0.15, -0.1) is 5.10 Å². The van der Waals surface area contributed by atoms with Gasteiger partial charge in [-0.05, 0) is 18.6 Å². The van der Waals surface area contributed by atoms with Crippen LogP contribution in [-0.4, -0.2) is 37.8 Å². The molecule has 2 rings (SSSR count). The van der Waals surface area contributed by atoms with Crippen molar-refractivity contribution < 1.29 is 9.90 Å². The van der Waals surface area contributed by atoms with E-state index in [9.17, 15) is 14.7 Å². The van der Waals surface area contributed by atoms with Gasteiger partial charge in [0.15, 0.2) is 5.65 Å². The average Bonchev–Trinajstić information content (AvgIpc) is 2.73. The van der Waals surface area contributed by atoms with E-state index in [1.54, 1.807) is 24.4 Å². The lowest BCUT2D eigenvalue weighted by molar-refractivity contribution is -0.122. The van der Waals surface area contributed by atoms with E-state index in [1.807, 2.05) is 6.92 Å². The van der Waals surface area contributed by atoms with Crippen molar-refractivity contribution in [2.24, 2.45) is 0 Å². The van der Waals surface area contributed by atoms with Gasteiger partial charge in [0, 0.05) is 12.7 Å². The highest BCUT2D eigenvalue weighted by atomic mass is 16.3. The molecule has 0 saturated heterocycles. The van der Waals surface area contributed by atoms with Gasteiger partial charge >= 0.3 is 5.69 Å². The lowest BCUT2D eigenvalue weighted by atomic mass is 10.3. The molecule has 0 bridgehead atoms. The molecule has 0 spiro atoms. The molecule has 0 aliphatic heterocycles. The zero-order chi connectivity index (χ0) is 13.8. The van der Waals surface area contributed by atoms with E-state index in [0.29, 0.717) is 12.1 Å². The molecular weight excluding hydrogens is 248 g/mol. The molecule has 7 nitrogen and oxygen atoms in total. The van der Waals surface area contributed by atoms with E-state index >= 15 is 0 Å². The molecule has 2 aromatic rings. The first kappa shape index (κ1) is 13.3. The van der Waals surface area contributed by atoms with Crippen LogP contribution in [0.25, 0.3) is 5.65 Å². The van der Waals surface area contributed by atoms with Gasteiger partial charge in [-0.25, -0.2) is 9.48 Å². The Labute approximate surface area is 109 Å². The smallest absolute Gasteiger partial charge is 0.350 e. The van der Waals surface area contributed by atoms with E-state index in [2.05, 4.69) is 10.4 Å². The predicted molar refractivity (Wildman–Crippen MR) is 68.8 cm³/mol. The topological polar surface area (TPSA) is 88.6 Å². The number of hydrogen-bond donors (Lipinski definition) is 2. The minimum atomic E-state index is -0.568. The van der Waals surface area contributed by atoms with Crippen LogP contribution in [0.2, 0.25) is 0 Å². The number of nitrogens with one attached hydrogen (secondary N) is 1. The Morgan fingerprint density at radius 2 is 2.32 bits per heavy atom. The summed E-state index contributed by atoms with van der Waals surface area (Å²) in [6.45, 7) is 1.85. The van der Waals surface area contributed by atoms with E-state index in [4.69, 9.17) is 0 Å². The van der Waals surface area contributed by atoms with E-state index in [-0.39, 0.29) is 24.7 Å². The molecule has 1 unspecified atom stereocenters. The molecule has 0 aromatic carbocycles. The maximum atomic E-state index is 11.9. The fourth-order valence-corrected chi connectivity index (χ4v) is 1.64. The minimum absolute atomic E-state index is 0.156. The number of aliphatic hydroxyl groups excluding tert-OH is 1. The van der Waals surface area contributed by atoms with Crippen LogP contribution in [0.3, 0.4) is 0 Å². The van der Waals surface area contributed by atoms with Crippen molar-refractivity contribution in [2.75, 3.05) is 6.54 Å². The molecule has 0 aliphatic rings. The Balaban J connectivity index is 2.07. The first-order valence-corrected chi connectivity index (χ1v) is 6.10. The van der Waals surface area contributed by atoms with Gasteiger partial charge < -0.3 is 10.4 Å². The van der Waals surface area contributed by atoms with Crippen LogP contribution < -0.4 is 11.0 Å². The SMILES string of the molecule is CCC(O)CNC(=O)Cn1nc2ccccn2c1=O. The molecule has 0 aliphatic carbocycles. The highest BCUT2D eigenvalue weighted by Gasteiger charge is 2.10. The number of pyridine rings is 1. The maximum Gasteiger partial charge on any atom is 0.350 e. The zero-order valence-electron chi connectivity index (χ0n) is 10.6. The van der Waals surface area contributed by atoms with Gasteiger partial charge in [0.25, 0.3) is 0 Å². The molecule has 19 heavy (non-hydrogen) atoms. The van der Waals surface area contributed by atoms with Crippen LogP contribution in [0.4, 0.5) is 0 Å². The minimum Gasteiger partial charge on any atom is -0.391 e. The third kappa shape index (κ3) is 3.00. The molecule has 1 atom stereocenters. The predicted octanol–water partition coefficient (Wildman–Crippen LogP) is -0.617. The molecule has 0 saturated carbocycles. The summed E-state index contributed by atoms with van der Waals surface area (Å²) in [7, 11) is 0. The number of nitrogens with zero attached hydrogens (tertiary/aromatic N) is 3. The van der Waals surface area contributed by atoms with E-state index in [1.165, 1.54) is 4.40 Å². The molecule has 2 N–H and O–H groups in total. The van der Waals surface area contributed by atoms with Gasteiger partial charge in [-0.2, -0.15) is 0 Å². The number of carbonyl (C=O) groups is 1. The fourth-order valence-electron chi connectivity index (χ4n) is 1.64. The summed E-state index contributed by atoms with van der Waals surface area (Å²) < 4.78 is 2.47. The Hall–Kier alpha value is -2.15. The molecule has 102 valence electrons. The number of aromatic nitrogens is 3. The van der Waals surface area contributed by atoms with Gasteiger partial charge in [-0.1, -0.05) is 13.0 Å². The largest absolute Gasteiger partial charge is 0.391 e. The summed E-state index contributed by atoms with van der Waals surface area (Å²) >= 11 is 0. The fraction of sp³-hybridized carbons (Fsp3) is 0.417. The Kier molecular flexibility index (Phi) is 3.96. The van der Waals surface area contributed by atoms with Gasteiger partial charge in [0.2, 0.25) is 5.91 Å². The third-order valence-electron chi connectivity index (χ3n) is 2.79. The van der Waals surface area contributed by atoms with Crippen molar-refractivity contribution in [3.8, 4) is 0 Å². The number of hydrogen-bond acceptors (Lipinski definition) is 4. The number of fused-ring (bicyclic) bond motifs is 1. The molecule has 0 radical (unpaired) electrons. The number of amides is 1. The summed E-state index contributed by atoms with van der Waals surface area (Å²) in [5.74, 6) is -0.349. The highest BCUT2D eigenvalue weighted by Crippen LogP contribution is 1.94. The average molecular weight is 264 g/mol. The molecular formula is C12H16N4O3. The molecule has 7 heteroatoms. The Morgan fingerprint density at radius 3 is 3.00 bits per heavy atom. The number of rotatable bonds is 5. The van der Waals surface area contributed by atoms with Crippen molar-refractivity contribution >= 4 is 11.6 Å². The third-order valence-corrected chi connectivity index (χ3v) is 2.79. The normalized spacial score (nSPS) is 12.5. The lowest BCUT2D eigenvalue weighted by Crippen LogP contribution is -2.36. The Morgan fingerprint density at radius 1 is 1.53 bits per heavy atom. The number of carbonyl (C=O) groups excluding carboxylic acids is 1. The second kappa shape index (κ2) is 5.66. The van der Waals surface area contributed by atoms with Gasteiger partial charge in [0.1, 0.15) is 6.54 Å². The summed E-state index contributed by atoms with van der Waals surface area (Å²) in [6, 6.07) is 5.18.